The predicted molar refractivity (Wildman–Crippen MR) is 102 cm³/mol. The van der Waals surface area contributed by atoms with Gasteiger partial charge in [-0.1, -0.05) is 12.1 Å². The van der Waals surface area contributed by atoms with Crippen LogP contribution in [0, 0.1) is 0 Å². The highest BCUT2D eigenvalue weighted by Crippen LogP contribution is 2.17. The van der Waals surface area contributed by atoms with E-state index in [-0.39, 0.29) is 24.8 Å². The lowest BCUT2D eigenvalue weighted by atomic mass is 10.1. The van der Waals surface area contributed by atoms with E-state index in [0.717, 1.165) is 11.3 Å². The molecular weight excluding hydrogens is 346 g/mol. The van der Waals surface area contributed by atoms with Crippen molar-refractivity contribution in [3.05, 3.63) is 59.7 Å². The summed E-state index contributed by atoms with van der Waals surface area (Å²) in [5.41, 5.74) is 1.48. The third-order valence-electron chi connectivity index (χ3n) is 4.05. The minimum absolute atomic E-state index is 0.145. The van der Waals surface area contributed by atoms with Gasteiger partial charge in [0.05, 0.1) is 27.2 Å². The zero-order chi connectivity index (χ0) is 19.6. The predicted octanol–water partition coefficient (Wildman–Crippen LogP) is 3.30. The first-order valence-corrected chi connectivity index (χ1v) is 8.79. The van der Waals surface area contributed by atoms with Crippen LogP contribution in [0.1, 0.15) is 29.3 Å². The van der Waals surface area contributed by atoms with Crippen molar-refractivity contribution in [3.63, 3.8) is 0 Å². The van der Waals surface area contributed by atoms with E-state index in [1.165, 1.54) is 0 Å². The number of hydrogen-bond donors (Lipinski definition) is 0. The molecule has 27 heavy (non-hydrogen) atoms. The molecule has 0 aromatic heterocycles. The highest BCUT2D eigenvalue weighted by Gasteiger charge is 2.18. The average Bonchev–Trinajstić information content (AvgIpc) is 2.71. The number of esters is 1. The van der Waals surface area contributed by atoms with Gasteiger partial charge in [-0.25, -0.2) is 0 Å². The molecule has 6 heteroatoms. The van der Waals surface area contributed by atoms with Gasteiger partial charge >= 0.3 is 5.97 Å². The lowest BCUT2D eigenvalue weighted by molar-refractivity contribution is -0.143. The molecule has 6 nitrogen and oxygen atoms in total. The topological polar surface area (TPSA) is 65.1 Å². The first-order chi connectivity index (χ1) is 13.1. The Morgan fingerprint density at radius 1 is 0.889 bits per heavy atom. The van der Waals surface area contributed by atoms with Gasteiger partial charge in [-0.2, -0.15) is 0 Å². The van der Waals surface area contributed by atoms with Gasteiger partial charge in [0.15, 0.2) is 0 Å². The number of benzene rings is 2. The van der Waals surface area contributed by atoms with E-state index in [4.69, 9.17) is 14.2 Å². The third-order valence-corrected chi connectivity index (χ3v) is 4.05. The van der Waals surface area contributed by atoms with Crippen LogP contribution in [0.15, 0.2) is 48.5 Å². The Kier molecular flexibility index (Phi) is 7.67. The Morgan fingerprint density at radius 3 is 1.96 bits per heavy atom. The maximum atomic E-state index is 13.0. The number of carbonyl (C=O) groups is 2. The van der Waals surface area contributed by atoms with Crippen molar-refractivity contribution < 1.29 is 23.8 Å². The van der Waals surface area contributed by atoms with Gasteiger partial charge in [-0.05, 0) is 48.9 Å². The van der Waals surface area contributed by atoms with Gasteiger partial charge < -0.3 is 19.1 Å². The molecule has 0 heterocycles. The van der Waals surface area contributed by atoms with Crippen LogP contribution >= 0.6 is 0 Å². The van der Waals surface area contributed by atoms with Crippen molar-refractivity contribution in [2.24, 2.45) is 0 Å². The average molecular weight is 371 g/mol. The van der Waals surface area contributed by atoms with E-state index in [0.29, 0.717) is 24.5 Å². The van der Waals surface area contributed by atoms with E-state index in [9.17, 15) is 9.59 Å². The molecule has 2 rings (SSSR count). The molecule has 0 radical (unpaired) electrons. The molecule has 0 saturated heterocycles. The Morgan fingerprint density at radius 2 is 1.44 bits per heavy atom. The fourth-order valence-electron chi connectivity index (χ4n) is 2.58. The summed E-state index contributed by atoms with van der Waals surface area (Å²) in [6, 6.07) is 14.4. The Hall–Kier alpha value is -3.02. The Bertz CT molecular complexity index is 740. The molecule has 0 atom stereocenters. The van der Waals surface area contributed by atoms with E-state index in [2.05, 4.69) is 0 Å². The molecule has 2 aromatic carbocycles. The van der Waals surface area contributed by atoms with Crippen molar-refractivity contribution in [1.29, 1.82) is 0 Å². The second-order valence-corrected chi connectivity index (χ2v) is 5.86. The summed E-state index contributed by atoms with van der Waals surface area (Å²) in [6.45, 7) is 2.74. The molecular formula is C21H25NO5. The van der Waals surface area contributed by atoms with Crippen LogP contribution in [-0.4, -0.2) is 44.1 Å². The maximum absolute atomic E-state index is 13.0. The number of carbonyl (C=O) groups excluding carboxylic acids is 2. The number of hydrogen-bond acceptors (Lipinski definition) is 5. The fraction of sp³-hybridized carbons (Fsp3) is 0.333. The van der Waals surface area contributed by atoms with Gasteiger partial charge in [-0.15, -0.1) is 0 Å². The van der Waals surface area contributed by atoms with Crippen molar-refractivity contribution in [1.82, 2.24) is 4.90 Å². The molecule has 0 fully saturated rings. The van der Waals surface area contributed by atoms with E-state index >= 15 is 0 Å². The van der Waals surface area contributed by atoms with Gasteiger partial charge in [-0.3, -0.25) is 9.59 Å². The standard InChI is InChI=1S/C21H25NO5/c1-4-27-20(23)13-14-22(15-16-5-9-18(25-2)10-6-16)21(24)17-7-11-19(26-3)12-8-17/h5-12H,4,13-15H2,1-3H3. The summed E-state index contributed by atoms with van der Waals surface area (Å²) in [5.74, 6) is 0.954. The largest absolute Gasteiger partial charge is 0.497 e. The molecule has 0 unspecified atom stereocenters. The molecule has 2 aromatic rings. The number of amides is 1. The van der Waals surface area contributed by atoms with E-state index < -0.39 is 0 Å². The number of rotatable bonds is 9. The molecule has 0 aliphatic heterocycles. The van der Waals surface area contributed by atoms with Crippen LogP contribution < -0.4 is 9.47 Å². The van der Waals surface area contributed by atoms with E-state index in [1.807, 2.05) is 24.3 Å². The highest BCUT2D eigenvalue weighted by atomic mass is 16.5. The van der Waals surface area contributed by atoms with Crippen LogP contribution in [0.25, 0.3) is 0 Å². The highest BCUT2D eigenvalue weighted by molar-refractivity contribution is 5.94. The van der Waals surface area contributed by atoms with Gasteiger partial charge in [0.1, 0.15) is 11.5 Å². The van der Waals surface area contributed by atoms with Crippen LogP contribution in [0.5, 0.6) is 11.5 Å². The zero-order valence-corrected chi connectivity index (χ0v) is 15.9. The maximum Gasteiger partial charge on any atom is 0.307 e. The molecule has 0 spiro atoms. The summed E-state index contributed by atoms with van der Waals surface area (Å²) in [7, 11) is 3.18. The van der Waals surface area contributed by atoms with Gasteiger partial charge in [0.2, 0.25) is 0 Å². The first-order valence-electron chi connectivity index (χ1n) is 8.79. The molecule has 144 valence electrons. The summed E-state index contributed by atoms with van der Waals surface area (Å²) in [6.07, 6.45) is 0.145. The van der Waals surface area contributed by atoms with Crippen LogP contribution in [-0.2, 0) is 16.1 Å². The minimum Gasteiger partial charge on any atom is -0.497 e. The number of nitrogens with zero attached hydrogens (tertiary/aromatic N) is 1. The minimum atomic E-state index is -0.320. The molecule has 0 N–H and O–H groups in total. The smallest absolute Gasteiger partial charge is 0.307 e. The third kappa shape index (κ3) is 6.02. The second kappa shape index (κ2) is 10.2. The SMILES string of the molecule is CCOC(=O)CCN(Cc1ccc(OC)cc1)C(=O)c1ccc(OC)cc1. The van der Waals surface area contributed by atoms with Crippen LogP contribution in [0.2, 0.25) is 0 Å². The quantitative estimate of drug-likeness (QED) is 0.633. The van der Waals surface area contributed by atoms with Crippen molar-refractivity contribution in [2.75, 3.05) is 27.4 Å². The summed E-state index contributed by atoms with van der Waals surface area (Å²) < 4.78 is 15.3. The lowest BCUT2D eigenvalue weighted by Crippen LogP contribution is -2.32. The molecule has 0 aliphatic rings. The van der Waals surface area contributed by atoms with Gasteiger partial charge in [0, 0.05) is 18.7 Å². The van der Waals surface area contributed by atoms with E-state index in [1.54, 1.807) is 50.3 Å². The van der Waals surface area contributed by atoms with Crippen molar-refractivity contribution in [3.8, 4) is 11.5 Å². The molecule has 1 amide bonds. The second-order valence-electron chi connectivity index (χ2n) is 5.86. The number of ether oxygens (including phenoxy) is 3. The normalized spacial score (nSPS) is 10.2. The van der Waals surface area contributed by atoms with Crippen LogP contribution in [0.3, 0.4) is 0 Å². The fourth-order valence-corrected chi connectivity index (χ4v) is 2.58. The molecule has 0 bridgehead atoms. The Balaban J connectivity index is 2.15. The van der Waals surface area contributed by atoms with Crippen molar-refractivity contribution in [2.45, 2.75) is 19.9 Å². The van der Waals surface area contributed by atoms with Crippen molar-refractivity contribution >= 4 is 11.9 Å². The summed E-state index contributed by atoms with van der Waals surface area (Å²) in [4.78, 5) is 26.3. The monoisotopic (exact) mass is 371 g/mol. The molecule has 0 aliphatic carbocycles. The Labute approximate surface area is 159 Å². The summed E-state index contributed by atoms with van der Waals surface area (Å²) in [5, 5.41) is 0. The van der Waals surface area contributed by atoms with Crippen LogP contribution in [0.4, 0.5) is 0 Å². The first kappa shape index (κ1) is 20.3. The zero-order valence-electron chi connectivity index (χ0n) is 15.9. The van der Waals surface area contributed by atoms with Gasteiger partial charge in [0.25, 0.3) is 5.91 Å². The lowest BCUT2D eigenvalue weighted by Gasteiger charge is -2.23. The summed E-state index contributed by atoms with van der Waals surface area (Å²) >= 11 is 0. The number of methoxy groups -OCH3 is 2. The molecule has 0 saturated carbocycles.